The van der Waals surface area contributed by atoms with Crippen molar-refractivity contribution in [2.75, 3.05) is 12.5 Å². The zero-order valence-electron chi connectivity index (χ0n) is 8.11. The van der Waals surface area contributed by atoms with Crippen LogP contribution in [0.4, 0.5) is 0 Å². The lowest BCUT2D eigenvalue weighted by Gasteiger charge is -2.03. The SMILES string of the molecule is O=CC[PH](=O)COCc1ccc(Cl)cc1. The summed E-state index contributed by atoms with van der Waals surface area (Å²) >= 11 is 5.71. The number of halogens is 1. The zero-order chi connectivity index (χ0) is 11.1. The lowest BCUT2D eigenvalue weighted by Crippen LogP contribution is -1.93. The van der Waals surface area contributed by atoms with Gasteiger partial charge in [0.1, 0.15) is 14.1 Å². The highest BCUT2D eigenvalue weighted by atomic mass is 35.5. The van der Waals surface area contributed by atoms with Gasteiger partial charge in [-0.15, -0.1) is 0 Å². The fourth-order valence-electron chi connectivity index (χ4n) is 1.02. The van der Waals surface area contributed by atoms with Crippen LogP contribution in [0.5, 0.6) is 0 Å². The van der Waals surface area contributed by atoms with Crippen molar-refractivity contribution in [2.24, 2.45) is 0 Å². The highest BCUT2D eigenvalue weighted by molar-refractivity contribution is 7.45. The van der Waals surface area contributed by atoms with E-state index in [0.717, 1.165) is 5.56 Å². The number of hydrogen-bond donors (Lipinski definition) is 0. The average Bonchev–Trinajstić information content (AvgIpc) is 2.21. The summed E-state index contributed by atoms with van der Waals surface area (Å²) in [7, 11) is -1.88. The second kappa shape index (κ2) is 6.78. The third-order valence-electron chi connectivity index (χ3n) is 1.76. The van der Waals surface area contributed by atoms with Crippen molar-refractivity contribution in [3.63, 3.8) is 0 Å². The summed E-state index contributed by atoms with van der Waals surface area (Å²) in [6, 6.07) is 7.24. The largest absolute Gasteiger partial charge is 0.369 e. The van der Waals surface area contributed by atoms with E-state index in [4.69, 9.17) is 16.3 Å². The minimum atomic E-state index is -1.88. The van der Waals surface area contributed by atoms with Crippen LogP contribution in [0.1, 0.15) is 5.56 Å². The van der Waals surface area contributed by atoms with Gasteiger partial charge in [-0.2, -0.15) is 0 Å². The van der Waals surface area contributed by atoms with Crippen molar-refractivity contribution < 1.29 is 14.1 Å². The van der Waals surface area contributed by atoms with Crippen molar-refractivity contribution in [3.8, 4) is 0 Å². The Balaban J connectivity index is 2.28. The van der Waals surface area contributed by atoms with Gasteiger partial charge in [0.2, 0.25) is 0 Å². The maximum absolute atomic E-state index is 11.1. The van der Waals surface area contributed by atoms with Gasteiger partial charge in [-0.25, -0.2) is 0 Å². The molecule has 0 saturated heterocycles. The monoisotopic (exact) mass is 246 g/mol. The Morgan fingerprint density at radius 2 is 2.00 bits per heavy atom. The molecule has 1 aromatic rings. The predicted molar refractivity (Wildman–Crippen MR) is 61.0 cm³/mol. The summed E-state index contributed by atoms with van der Waals surface area (Å²) in [5.41, 5.74) is 0.973. The van der Waals surface area contributed by atoms with Gasteiger partial charge in [0.15, 0.2) is 0 Å². The summed E-state index contributed by atoms with van der Waals surface area (Å²) in [6.45, 7) is 0.395. The molecule has 1 unspecified atom stereocenters. The summed E-state index contributed by atoms with van der Waals surface area (Å²) < 4.78 is 16.3. The van der Waals surface area contributed by atoms with Gasteiger partial charge in [-0.1, -0.05) is 23.7 Å². The number of hydrogen-bond acceptors (Lipinski definition) is 3. The van der Waals surface area contributed by atoms with Gasteiger partial charge in [0.05, 0.1) is 19.1 Å². The number of carbonyl (C=O) groups is 1. The molecule has 1 rings (SSSR count). The number of benzene rings is 1. The van der Waals surface area contributed by atoms with Crippen LogP contribution in [0.3, 0.4) is 0 Å². The van der Waals surface area contributed by atoms with E-state index >= 15 is 0 Å². The molecule has 82 valence electrons. The molecule has 0 amide bonds. The molecule has 0 heterocycles. The van der Waals surface area contributed by atoms with E-state index in [0.29, 0.717) is 17.9 Å². The molecule has 0 fully saturated rings. The van der Waals surface area contributed by atoms with Gasteiger partial charge in [0.25, 0.3) is 0 Å². The lowest BCUT2D eigenvalue weighted by molar-refractivity contribution is -0.105. The van der Waals surface area contributed by atoms with Crippen LogP contribution in [-0.4, -0.2) is 18.8 Å². The minimum Gasteiger partial charge on any atom is -0.369 e. The van der Waals surface area contributed by atoms with E-state index in [1.54, 1.807) is 12.1 Å². The van der Waals surface area contributed by atoms with Crippen LogP contribution in [0.25, 0.3) is 0 Å². The smallest absolute Gasteiger partial charge is 0.127 e. The Morgan fingerprint density at radius 1 is 1.33 bits per heavy atom. The molecule has 1 aromatic carbocycles. The van der Waals surface area contributed by atoms with E-state index in [-0.39, 0.29) is 12.5 Å². The number of ether oxygens (including phenoxy) is 1. The first-order valence-corrected chi connectivity index (χ1v) is 6.70. The number of carbonyl (C=O) groups excluding carboxylic acids is 1. The second-order valence-electron chi connectivity index (χ2n) is 3.03. The first-order valence-electron chi connectivity index (χ1n) is 4.50. The van der Waals surface area contributed by atoms with Gasteiger partial charge in [-0.3, -0.25) is 0 Å². The highest BCUT2D eigenvalue weighted by Crippen LogP contribution is 2.19. The van der Waals surface area contributed by atoms with Crippen LogP contribution in [0.15, 0.2) is 24.3 Å². The summed E-state index contributed by atoms with van der Waals surface area (Å²) in [5.74, 6) is 0. The maximum Gasteiger partial charge on any atom is 0.127 e. The Kier molecular flexibility index (Phi) is 5.62. The summed E-state index contributed by atoms with van der Waals surface area (Å²) in [6.07, 6.45) is 0.921. The fourth-order valence-corrected chi connectivity index (χ4v) is 1.77. The standard InChI is InChI=1S/C10H12ClO3P/c11-10-3-1-9(2-4-10)7-14-8-15(13)6-5-12/h1-5,15H,6-8H2. The molecule has 0 aliphatic carbocycles. The molecule has 0 bridgehead atoms. The Bertz CT molecular complexity index is 337. The van der Waals surface area contributed by atoms with E-state index in [1.165, 1.54) is 0 Å². The van der Waals surface area contributed by atoms with Crippen molar-refractivity contribution in [2.45, 2.75) is 6.61 Å². The lowest BCUT2D eigenvalue weighted by atomic mass is 10.2. The van der Waals surface area contributed by atoms with Crippen LogP contribution >= 0.6 is 19.4 Å². The molecule has 5 heteroatoms. The minimum absolute atomic E-state index is 0.102. The van der Waals surface area contributed by atoms with Gasteiger partial charge in [0, 0.05) is 5.02 Å². The van der Waals surface area contributed by atoms with Crippen LogP contribution in [-0.2, 0) is 20.7 Å². The Labute approximate surface area is 94.2 Å². The summed E-state index contributed by atoms with van der Waals surface area (Å²) in [5, 5.41) is 0.674. The third-order valence-corrected chi connectivity index (χ3v) is 3.16. The van der Waals surface area contributed by atoms with Crippen molar-refractivity contribution in [3.05, 3.63) is 34.9 Å². The maximum atomic E-state index is 11.1. The Hall–Kier alpha value is -0.630. The Morgan fingerprint density at radius 3 is 2.60 bits per heavy atom. The van der Waals surface area contributed by atoms with Gasteiger partial charge in [-0.05, 0) is 17.7 Å². The van der Waals surface area contributed by atoms with Crippen molar-refractivity contribution in [1.82, 2.24) is 0 Å². The first kappa shape index (κ1) is 12.4. The molecule has 0 N–H and O–H groups in total. The number of rotatable bonds is 6. The molecule has 3 nitrogen and oxygen atoms in total. The third kappa shape index (κ3) is 5.12. The molecular weight excluding hydrogens is 235 g/mol. The van der Waals surface area contributed by atoms with Crippen LogP contribution in [0, 0.1) is 0 Å². The molecular formula is C10H12ClO3P. The van der Waals surface area contributed by atoms with Crippen LogP contribution in [0.2, 0.25) is 5.02 Å². The van der Waals surface area contributed by atoms with E-state index < -0.39 is 7.80 Å². The molecule has 0 aliphatic rings. The zero-order valence-corrected chi connectivity index (χ0v) is 9.87. The molecule has 15 heavy (non-hydrogen) atoms. The molecule has 0 radical (unpaired) electrons. The number of aldehydes is 1. The van der Waals surface area contributed by atoms with Crippen LogP contribution < -0.4 is 0 Å². The first-order chi connectivity index (χ1) is 7.22. The van der Waals surface area contributed by atoms with Gasteiger partial charge < -0.3 is 14.1 Å². The van der Waals surface area contributed by atoms with E-state index in [9.17, 15) is 9.36 Å². The average molecular weight is 247 g/mol. The predicted octanol–water partition coefficient (Wildman–Crippen LogP) is 2.57. The molecule has 0 saturated carbocycles. The van der Waals surface area contributed by atoms with E-state index in [1.807, 2.05) is 12.1 Å². The van der Waals surface area contributed by atoms with Crippen molar-refractivity contribution >= 4 is 25.7 Å². The fraction of sp³-hybridized carbons (Fsp3) is 0.300. The topological polar surface area (TPSA) is 43.4 Å². The highest BCUT2D eigenvalue weighted by Gasteiger charge is 1.99. The second-order valence-corrected chi connectivity index (χ2v) is 5.24. The van der Waals surface area contributed by atoms with Gasteiger partial charge >= 0.3 is 0 Å². The molecule has 0 aromatic heterocycles. The summed E-state index contributed by atoms with van der Waals surface area (Å²) in [4.78, 5) is 10.0. The quantitative estimate of drug-likeness (QED) is 0.572. The molecule has 0 aliphatic heterocycles. The van der Waals surface area contributed by atoms with Crippen molar-refractivity contribution in [1.29, 1.82) is 0 Å². The normalized spacial score (nSPS) is 12.3. The molecule has 0 spiro atoms. The molecule has 1 atom stereocenters. The van der Waals surface area contributed by atoms with E-state index in [2.05, 4.69) is 0 Å².